The lowest BCUT2D eigenvalue weighted by Gasteiger charge is -2.33. The summed E-state index contributed by atoms with van der Waals surface area (Å²) in [6.07, 6.45) is 9.46. The standard InChI is InChI=1S/C23H23N5O3/c1-14-9-17-16(13-30-20(17)10-15(14)2)11-21(29)28-8-4-3-5-19(28)23-27-26-22(31-23)18-12-24-6-7-25-18/h6-7,9-10,12-13,19H,3-5,8,11H2,1-2H3/t19-/m1/s1. The van der Waals surface area contributed by atoms with Gasteiger partial charge in [0.15, 0.2) is 0 Å². The third kappa shape index (κ3) is 3.69. The van der Waals surface area contributed by atoms with Gasteiger partial charge in [-0.1, -0.05) is 0 Å². The van der Waals surface area contributed by atoms with Crippen molar-refractivity contribution in [2.45, 2.75) is 45.6 Å². The van der Waals surface area contributed by atoms with E-state index in [4.69, 9.17) is 8.83 Å². The highest BCUT2D eigenvalue weighted by atomic mass is 16.4. The molecule has 0 spiro atoms. The molecule has 1 aliphatic heterocycles. The fourth-order valence-corrected chi connectivity index (χ4v) is 4.11. The Morgan fingerprint density at radius 1 is 1.16 bits per heavy atom. The number of benzene rings is 1. The van der Waals surface area contributed by atoms with Gasteiger partial charge in [0.05, 0.1) is 18.9 Å². The maximum Gasteiger partial charge on any atom is 0.267 e. The summed E-state index contributed by atoms with van der Waals surface area (Å²) in [6, 6.07) is 3.88. The molecule has 4 heterocycles. The number of aryl methyl sites for hydroxylation is 2. The third-order valence-electron chi connectivity index (χ3n) is 5.94. The number of hydrogen-bond donors (Lipinski definition) is 0. The number of nitrogens with zero attached hydrogens (tertiary/aromatic N) is 5. The van der Waals surface area contributed by atoms with Gasteiger partial charge in [-0.2, -0.15) is 0 Å². The minimum absolute atomic E-state index is 0.0323. The van der Waals surface area contributed by atoms with Crippen molar-refractivity contribution < 1.29 is 13.6 Å². The summed E-state index contributed by atoms with van der Waals surface area (Å²) in [5, 5.41) is 9.33. The Kier molecular flexibility index (Phi) is 4.97. The minimum Gasteiger partial charge on any atom is -0.464 e. The summed E-state index contributed by atoms with van der Waals surface area (Å²) in [7, 11) is 0. The highest BCUT2D eigenvalue weighted by Gasteiger charge is 2.32. The van der Waals surface area contributed by atoms with Crippen LogP contribution in [0.15, 0.2) is 45.8 Å². The van der Waals surface area contributed by atoms with Gasteiger partial charge >= 0.3 is 0 Å². The first kappa shape index (κ1) is 19.4. The Hall–Kier alpha value is -3.55. The minimum atomic E-state index is -0.235. The van der Waals surface area contributed by atoms with Crippen LogP contribution in [0, 0.1) is 13.8 Å². The van der Waals surface area contributed by atoms with Crippen molar-refractivity contribution in [3.05, 3.63) is 59.6 Å². The molecule has 158 valence electrons. The van der Waals surface area contributed by atoms with Gasteiger partial charge in [0.1, 0.15) is 17.3 Å². The number of amides is 1. The number of aromatic nitrogens is 4. The Morgan fingerprint density at radius 2 is 2.03 bits per heavy atom. The summed E-state index contributed by atoms with van der Waals surface area (Å²) in [5.41, 5.74) is 4.59. The van der Waals surface area contributed by atoms with Crippen molar-refractivity contribution >= 4 is 16.9 Å². The van der Waals surface area contributed by atoms with Crippen LogP contribution in [0.2, 0.25) is 0 Å². The summed E-state index contributed by atoms with van der Waals surface area (Å²) in [5.74, 6) is 0.787. The largest absolute Gasteiger partial charge is 0.464 e. The van der Waals surface area contributed by atoms with Crippen LogP contribution in [-0.2, 0) is 11.2 Å². The van der Waals surface area contributed by atoms with E-state index in [-0.39, 0.29) is 18.4 Å². The highest BCUT2D eigenvalue weighted by Crippen LogP contribution is 2.33. The molecule has 3 aromatic heterocycles. The normalized spacial score (nSPS) is 16.7. The second kappa shape index (κ2) is 7.94. The molecular weight excluding hydrogens is 394 g/mol. The lowest BCUT2D eigenvalue weighted by Crippen LogP contribution is -2.39. The number of likely N-dealkylation sites (tertiary alicyclic amines) is 1. The van der Waals surface area contributed by atoms with Gasteiger partial charge in [-0.25, -0.2) is 4.98 Å². The maximum atomic E-state index is 13.3. The Labute approximate surface area is 179 Å². The van der Waals surface area contributed by atoms with Crippen molar-refractivity contribution in [1.29, 1.82) is 0 Å². The van der Waals surface area contributed by atoms with E-state index in [1.807, 2.05) is 11.0 Å². The fourth-order valence-electron chi connectivity index (χ4n) is 4.11. The molecule has 0 N–H and O–H groups in total. The SMILES string of the molecule is Cc1cc2occ(CC(=O)N3CCCC[C@@H]3c3nnc(-c4cnccn4)o3)c2cc1C. The number of carbonyl (C=O) groups excluding carboxylic acids is 1. The predicted octanol–water partition coefficient (Wildman–Crippen LogP) is 4.19. The molecule has 1 aromatic carbocycles. The van der Waals surface area contributed by atoms with E-state index >= 15 is 0 Å². The van der Waals surface area contributed by atoms with Crippen LogP contribution in [0.4, 0.5) is 0 Å². The van der Waals surface area contributed by atoms with Crippen molar-refractivity contribution in [3.63, 3.8) is 0 Å². The number of fused-ring (bicyclic) bond motifs is 1. The van der Waals surface area contributed by atoms with Gasteiger partial charge in [0, 0.05) is 29.9 Å². The molecule has 0 unspecified atom stereocenters. The molecule has 1 atom stereocenters. The molecule has 5 rings (SSSR count). The van der Waals surface area contributed by atoms with E-state index in [0.717, 1.165) is 35.8 Å². The smallest absolute Gasteiger partial charge is 0.267 e. The molecule has 4 aromatic rings. The molecule has 0 bridgehead atoms. The number of furan rings is 1. The van der Waals surface area contributed by atoms with E-state index in [2.05, 4.69) is 40.1 Å². The van der Waals surface area contributed by atoms with E-state index in [0.29, 0.717) is 24.0 Å². The fraction of sp³-hybridized carbons (Fsp3) is 0.348. The van der Waals surface area contributed by atoms with Crippen molar-refractivity contribution in [3.8, 4) is 11.6 Å². The maximum absolute atomic E-state index is 13.3. The van der Waals surface area contributed by atoms with Crippen LogP contribution in [0.1, 0.15) is 47.9 Å². The quantitative estimate of drug-likeness (QED) is 0.491. The van der Waals surface area contributed by atoms with Crippen molar-refractivity contribution in [1.82, 2.24) is 25.1 Å². The zero-order chi connectivity index (χ0) is 21.4. The number of rotatable bonds is 4. The molecule has 1 amide bonds. The van der Waals surface area contributed by atoms with Crippen LogP contribution < -0.4 is 0 Å². The first-order valence-corrected chi connectivity index (χ1v) is 10.5. The molecule has 0 saturated carbocycles. The van der Waals surface area contributed by atoms with Crippen LogP contribution in [-0.4, -0.2) is 37.5 Å². The van der Waals surface area contributed by atoms with Crippen molar-refractivity contribution in [2.24, 2.45) is 0 Å². The Balaban J connectivity index is 1.39. The zero-order valence-electron chi connectivity index (χ0n) is 17.5. The van der Waals surface area contributed by atoms with Crippen molar-refractivity contribution in [2.75, 3.05) is 6.54 Å². The molecule has 31 heavy (non-hydrogen) atoms. The summed E-state index contributed by atoms with van der Waals surface area (Å²) in [4.78, 5) is 23.4. The monoisotopic (exact) mass is 417 g/mol. The van der Waals surface area contributed by atoms with E-state index in [9.17, 15) is 4.79 Å². The second-order valence-electron chi connectivity index (χ2n) is 8.01. The van der Waals surface area contributed by atoms with Gasteiger partial charge in [-0.15, -0.1) is 10.2 Å². The van der Waals surface area contributed by atoms with Gasteiger partial charge in [0.25, 0.3) is 5.89 Å². The lowest BCUT2D eigenvalue weighted by atomic mass is 10.00. The van der Waals surface area contributed by atoms with E-state index < -0.39 is 0 Å². The molecule has 1 aliphatic rings. The van der Waals surface area contributed by atoms with Gasteiger partial charge in [-0.3, -0.25) is 9.78 Å². The van der Waals surface area contributed by atoms with E-state index in [1.165, 1.54) is 11.1 Å². The van der Waals surface area contributed by atoms with Crippen LogP contribution in [0.25, 0.3) is 22.6 Å². The molecule has 1 fully saturated rings. The third-order valence-corrected chi connectivity index (χ3v) is 5.94. The van der Waals surface area contributed by atoms with Gasteiger partial charge in [-0.05, 0) is 56.4 Å². The van der Waals surface area contributed by atoms with Gasteiger partial charge in [0.2, 0.25) is 11.8 Å². The molecular formula is C23H23N5O3. The molecule has 1 saturated heterocycles. The first-order valence-electron chi connectivity index (χ1n) is 10.5. The topological polar surface area (TPSA) is 98.2 Å². The zero-order valence-corrected chi connectivity index (χ0v) is 17.5. The number of piperidine rings is 1. The summed E-state index contributed by atoms with van der Waals surface area (Å²) < 4.78 is 11.6. The number of carbonyl (C=O) groups is 1. The summed E-state index contributed by atoms with van der Waals surface area (Å²) in [6.45, 7) is 4.79. The predicted molar refractivity (Wildman–Crippen MR) is 113 cm³/mol. The van der Waals surface area contributed by atoms with Crippen LogP contribution in [0.5, 0.6) is 0 Å². The molecule has 0 radical (unpaired) electrons. The molecule has 8 heteroatoms. The first-order chi connectivity index (χ1) is 15.1. The van der Waals surface area contributed by atoms with E-state index in [1.54, 1.807) is 24.9 Å². The second-order valence-corrected chi connectivity index (χ2v) is 8.01. The van der Waals surface area contributed by atoms with Crippen LogP contribution >= 0.6 is 0 Å². The molecule has 0 aliphatic carbocycles. The molecule has 8 nitrogen and oxygen atoms in total. The average molecular weight is 417 g/mol. The lowest BCUT2D eigenvalue weighted by molar-refractivity contribution is -0.134. The highest BCUT2D eigenvalue weighted by molar-refractivity contribution is 5.88. The Bertz CT molecular complexity index is 1230. The van der Waals surface area contributed by atoms with Crippen LogP contribution in [0.3, 0.4) is 0 Å². The van der Waals surface area contributed by atoms with Gasteiger partial charge < -0.3 is 13.7 Å². The average Bonchev–Trinajstić information content (AvgIpc) is 3.43. The summed E-state index contributed by atoms with van der Waals surface area (Å²) >= 11 is 0. The Morgan fingerprint density at radius 3 is 2.87 bits per heavy atom. The number of hydrogen-bond acceptors (Lipinski definition) is 7.